The van der Waals surface area contributed by atoms with Crippen LogP contribution in [-0.4, -0.2) is 79.0 Å². The number of amides is 2. The van der Waals surface area contributed by atoms with Crippen LogP contribution in [0, 0.1) is 6.92 Å². The molecule has 18 nitrogen and oxygen atoms in total. The lowest BCUT2D eigenvalue weighted by molar-refractivity contribution is -0.140. The van der Waals surface area contributed by atoms with E-state index in [1.54, 1.807) is 27.0 Å². The Balaban J connectivity index is 0.000000280. The summed E-state index contributed by atoms with van der Waals surface area (Å²) < 4.78 is 8.33. The Morgan fingerprint density at radius 1 is 0.854 bits per heavy atom. The van der Waals surface area contributed by atoms with Gasteiger partial charge in [-0.25, -0.2) is 9.19 Å². The molecule has 1 aromatic rings. The summed E-state index contributed by atoms with van der Waals surface area (Å²) in [6, 6.07) is 1.39. The van der Waals surface area contributed by atoms with Crippen molar-refractivity contribution in [3.8, 4) is 0 Å². The number of oxime groups is 2. The molecule has 6 aliphatic heterocycles. The van der Waals surface area contributed by atoms with E-state index in [1.807, 2.05) is 27.7 Å². The number of H-pyrrole nitrogens is 1. The molecule has 7 rings (SSSR count). The third kappa shape index (κ3) is 20.6. The van der Waals surface area contributed by atoms with Crippen molar-refractivity contribution in [3.63, 3.8) is 0 Å². The van der Waals surface area contributed by atoms with E-state index in [1.165, 1.54) is 6.07 Å². The first-order chi connectivity index (χ1) is 22.6. The third-order valence-electron chi connectivity index (χ3n) is 4.91. The fraction of sp³-hybridized carbons (Fsp3) is 0.481. The van der Waals surface area contributed by atoms with Crippen molar-refractivity contribution in [3.05, 3.63) is 22.2 Å². The van der Waals surface area contributed by atoms with Gasteiger partial charge in [-0.3, -0.25) is 24.5 Å². The van der Waals surface area contributed by atoms with Crippen molar-refractivity contribution >= 4 is 98.0 Å². The second-order valence-electron chi connectivity index (χ2n) is 9.82. The van der Waals surface area contributed by atoms with E-state index in [4.69, 9.17) is 0 Å². The highest BCUT2D eigenvalue weighted by Gasteiger charge is 2.26. The fourth-order valence-corrected chi connectivity index (χ4v) is 4.14. The Morgan fingerprint density at radius 3 is 1.69 bits per heavy atom. The maximum Gasteiger partial charge on any atom is 0.340 e. The number of aromatic amines is 1. The summed E-state index contributed by atoms with van der Waals surface area (Å²) in [6.45, 7) is 13.5. The molecule has 1 unspecified atom stereocenters. The number of aryl methyl sites for hydroxylation is 1. The van der Waals surface area contributed by atoms with Crippen LogP contribution in [0.3, 0.4) is 0 Å². The third-order valence-corrected chi connectivity index (χ3v) is 6.76. The van der Waals surface area contributed by atoms with Crippen LogP contribution in [-0.2, 0) is 24.1 Å². The Hall–Kier alpha value is -4.50. The topological polar surface area (TPSA) is 244 Å². The minimum atomic E-state index is -0.252. The van der Waals surface area contributed by atoms with Gasteiger partial charge >= 0.3 is 5.97 Å². The summed E-state index contributed by atoms with van der Waals surface area (Å²) in [4.78, 5) is 60.1. The van der Waals surface area contributed by atoms with Crippen molar-refractivity contribution in [1.82, 2.24) is 10.5 Å². The molecule has 0 spiro atoms. The molecule has 2 N–H and O–H groups in total. The van der Waals surface area contributed by atoms with Crippen LogP contribution >= 0.6 is 35.9 Å². The van der Waals surface area contributed by atoms with E-state index >= 15 is 0 Å². The van der Waals surface area contributed by atoms with E-state index in [0.717, 1.165) is 65.1 Å². The zero-order valence-corrected chi connectivity index (χ0v) is 29.8. The quantitative estimate of drug-likeness (QED) is 0.210. The molecule has 0 bridgehead atoms. The van der Waals surface area contributed by atoms with Crippen LogP contribution in [0.25, 0.3) is 0 Å². The number of aromatic nitrogens is 1. The fourth-order valence-electron chi connectivity index (χ4n) is 2.65. The summed E-state index contributed by atoms with van der Waals surface area (Å²) in [7, 11) is 0. The second-order valence-corrected chi connectivity index (χ2v) is 12.4. The van der Waals surface area contributed by atoms with Gasteiger partial charge in [0.05, 0.1) is 41.6 Å². The molecule has 1 atom stereocenters. The highest BCUT2D eigenvalue weighted by atomic mass is 32.2. The minimum Gasteiger partial charge on any atom is -0.384 e. The van der Waals surface area contributed by atoms with Crippen LogP contribution in [0.1, 0.15) is 73.0 Å². The molecule has 2 amide bonds. The van der Waals surface area contributed by atoms with Crippen LogP contribution in [0.15, 0.2) is 55.7 Å². The predicted octanol–water partition coefficient (Wildman–Crippen LogP) is 4.74. The first-order valence-corrected chi connectivity index (χ1v) is 16.0. The summed E-state index contributed by atoms with van der Waals surface area (Å²) >= 11 is 6.74. The van der Waals surface area contributed by atoms with Gasteiger partial charge in [0, 0.05) is 42.1 Å². The number of rotatable bonds is 0. The molecule has 0 aliphatic carbocycles. The van der Waals surface area contributed by atoms with Crippen molar-refractivity contribution in [2.75, 3.05) is 6.54 Å². The summed E-state index contributed by atoms with van der Waals surface area (Å²) in [5.41, 5.74) is 4.58. The van der Waals surface area contributed by atoms with Crippen LogP contribution < -0.4 is 10.9 Å². The minimum absolute atomic E-state index is 0.164. The van der Waals surface area contributed by atoms with Gasteiger partial charge in [0.25, 0.3) is 10.8 Å². The number of thioether (sulfide) groups is 1. The Morgan fingerprint density at radius 2 is 1.54 bits per heavy atom. The number of imide groups is 1. The molecule has 6 aliphatic rings. The smallest absolute Gasteiger partial charge is 0.340 e. The summed E-state index contributed by atoms with van der Waals surface area (Å²) in [6.07, 6.45) is 4.38. The van der Waals surface area contributed by atoms with Crippen LogP contribution in [0.2, 0.25) is 0 Å². The lowest BCUT2D eigenvalue weighted by Crippen LogP contribution is -2.22. The number of hydrogen-bond donors (Lipinski definition) is 2. The summed E-state index contributed by atoms with van der Waals surface area (Å²) in [5, 5.41) is 29.5. The maximum atomic E-state index is 10.4. The van der Waals surface area contributed by atoms with Crippen molar-refractivity contribution in [1.29, 1.82) is 0 Å². The lowest BCUT2D eigenvalue weighted by atomic mass is 10.3. The first-order valence-electron chi connectivity index (χ1n) is 14.0. The van der Waals surface area contributed by atoms with Crippen molar-refractivity contribution in [2.45, 2.75) is 79.4 Å². The van der Waals surface area contributed by atoms with Crippen LogP contribution in [0.5, 0.6) is 0 Å². The molecule has 0 saturated carbocycles. The molecule has 0 radical (unpaired) electrons. The number of nitrogens with zero attached hydrogens (tertiary/aromatic N) is 8. The van der Waals surface area contributed by atoms with Crippen molar-refractivity contribution < 1.29 is 33.4 Å². The van der Waals surface area contributed by atoms with Gasteiger partial charge in [0.2, 0.25) is 16.1 Å². The van der Waals surface area contributed by atoms with Gasteiger partial charge < -0.3 is 14.2 Å². The van der Waals surface area contributed by atoms with Crippen LogP contribution in [0.4, 0.5) is 4.79 Å². The molecule has 21 heteroatoms. The molecule has 0 aromatic carbocycles. The van der Waals surface area contributed by atoms with Gasteiger partial charge in [0.15, 0.2) is 0 Å². The summed E-state index contributed by atoms with van der Waals surface area (Å²) in [5.74, 6) is 0.183. The largest absolute Gasteiger partial charge is 0.384 e. The molecule has 1 fully saturated rings. The van der Waals surface area contributed by atoms with E-state index in [-0.39, 0.29) is 33.0 Å². The molecular weight excluding hydrogens is 689 g/mol. The number of nitrogens with one attached hydrogen (secondary N) is 2. The van der Waals surface area contributed by atoms with E-state index in [2.05, 4.69) is 77.2 Å². The van der Waals surface area contributed by atoms with E-state index < -0.39 is 0 Å². The highest BCUT2D eigenvalue weighted by Crippen LogP contribution is 2.17. The molecule has 1 aromatic heterocycles. The number of carbonyl (C=O) groups excluding carboxylic acids is 4. The van der Waals surface area contributed by atoms with E-state index in [0.29, 0.717) is 30.2 Å². The normalized spacial score (nSPS) is 19.2. The van der Waals surface area contributed by atoms with Gasteiger partial charge in [-0.2, -0.15) is 20.5 Å². The SMILES string of the molecule is CC1=NN=CC1.CC1=NN=NC1.CC1=NOC(=O)C1.CC1=NOC(=S)C1.CC1=NSC(=O)C1.CC1SC(=O)NC1=O.Cc1cc(=O)[nH]o1. The lowest BCUT2D eigenvalue weighted by Gasteiger charge is -1.87. The standard InChI is InChI=1S/C4H6N2.C4H5NO2S.2C4H5NO2.2C4H5NOS.C3H5N3/c1-4-2-3-5-6-4;1-2-3(6)5-4(7)8-2;1-3-2-4(6)5-7-3;2*1-3-2-4(6)7-5-3;1-3-2-4(7)6-5-3;1-3-2-4-6-5-3/h3H,2H2,1H3;2H,1H3,(H,5,6,7);2H,1H3,(H,5,6);3*2H2,1H3;2H2,1H3. The van der Waals surface area contributed by atoms with E-state index in [9.17, 15) is 24.0 Å². The number of hydrogen-bond acceptors (Lipinski definition) is 19. The van der Waals surface area contributed by atoms with Gasteiger partial charge in [-0.1, -0.05) is 22.1 Å². The van der Waals surface area contributed by atoms with Gasteiger partial charge in [0.1, 0.15) is 12.3 Å². The zero-order valence-electron chi connectivity index (χ0n) is 27.3. The molecule has 48 heavy (non-hydrogen) atoms. The molecule has 260 valence electrons. The Kier molecular flexibility index (Phi) is 19.8. The Labute approximate surface area is 289 Å². The molecule has 7 heterocycles. The van der Waals surface area contributed by atoms with Gasteiger partial charge in [-0.15, -0.1) is 5.10 Å². The highest BCUT2D eigenvalue weighted by molar-refractivity contribution is 8.15. The molecular formula is C27H36N10O8S3. The Bertz CT molecular complexity index is 1490. The number of thiocarbonyl (C=S) groups is 1. The maximum absolute atomic E-state index is 10.4. The average molecular weight is 725 g/mol. The number of carbonyl (C=O) groups is 4. The van der Waals surface area contributed by atoms with Crippen molar-refractivity contribution in [2.24, 2.45) is 40.4 Å². The van der Waals surface area contributed by atoms with Gasteiger partial charge in [-0.05, 0) is 65.9 Å². The predicted molar refractivity (Wildman–Crippen MR) is 189 cm³/mol. The first kappa shape index (κ1) is 41.5. The average Bonchev–Trinajstić information content (AvgIpc) is 3.88. The monoisotopic (exact) mass is 724 g/mol. The molecule has 1 saturated heterocycles. The zero-order chi connectivity index (χ0) is 36.1. The second kappa shape index (κ2) is 22.9.